The highest BCUT2D eigenvalue weighted by atomic mass is 16.5. The molecule has 0 aromatic carbocycles. The van der Waals surface area contributed by atoms with Crippen LogP contribution in [0.25, 0.3) is 0 Å². The molecule has 0 spiro atoms. The number of nitrogens with two attached hydrogens (primary N) is 1. The van der Waals surface area contributed by atoms with Gasteiger partial charge in [-0.25, -0.2) is 0 Å². The van der Waals surface area contributed by atoms with Crippen LogP contribution in [0.2, 0.25) is 0 Å². The molecule has 1 saturated heterocycles. The fourth-order valence-corrected chi connectivity index (χ4v) is 1.48. The normalized spacial score (nSPS) is 24.4. The molecular formula is C9H19N3O. The summed E-state index contributed by atoms with van der Waals surface area (Å²) < 4.78 is 5.57. The number of hydrogen-bond acceptors (Lipinski definition) is 2. The first-order chi connectivity index (χ1) is 6.33. The molecule has 1 rings (SSSR count). The average Bonchev–Trinajstić information content (AvgIpc) is 2.19. The molecule has 0 aliphatic carbocycles. The van der Waals surface area contributed by atoms with Crippen molar-refractivity contribution in [2.75, 3.05) is 20.2 Å². The second-order valence-electron chi connectivity index (χ2n) is 3.31. The van der Waals surface area contributed by atoms with E-state index >= 15 is 0 Å². The number of nitrogens with zero attached hydrogens (tertiary/aromatic N) is 1. The third-order valence-electron chi connectivity index (χ3n) is 2.29. The maximum atomic E-state index is 5.57. The molecule has 1 aliphatic heterocycles. The zero-order valence-electron chi connectivity index (χ0n) is 8.25. The van der Waals surface area contributed by atoms with E-state index < -0.39 is 0 Å². The summed E-state index contributed by atoms with van der Waals surface area (Å²) in [5, 5.41) is 3.03. The van der Waals surface area contributed by atoms with Crippen molar-refractivity contribution in [1.29, 1.82) is 0 Å². The van der Waals surface area contributed by atoms with Gasteiger partial charge in [-0.1, -0.05) is 0 Å². The van der Waals surface area contributed by atoms with Crippen molar-refractivity contribution in [1.82, 2.24) is 5.32 Å². The van der Waals surface area contributed by atoms with Crippen molar-refractivity contribution in [3.05, 3.63) is 0 Å². The van der Waals surface area contributed by atoms with Gasteiger partial charge in [0.1, 0.15) is 0 Å². The summed E-state index contributed by atoms with van der Waals surface area (Å²) in [4.78, 5) is 3.81. The molecule has 0 saturated carbocycles. The van der Waals surface area contributed by atoms with Gasteiger partial charge < -0.3 is 15.8 Å². The fourth-order valence-electron chi connectivity index (χ4n) is 1.48. The Balaban J connectivity index is 2.04. The Morgan fingerprint density at radius 1 is 1.62 bits per heavy atom. The summed E-state index contributed by atoms with van der Waals surface area (Å²) in [5.41, 5.74) is 5.49. The highest BCUT2D eigenvalue weighted by Gasteiger charge is 2.12. The van der Waals surface area contributed by atoms with Crippen LogP contribution in [0, 0.1) is 0 Å². The molecular weight excluding hydrogens is 166 g/mol. The van der Waals surface area contributed by atoms with Crippen LogP contribution in [-0.2, 0) is 4.74 Å². The molecule has 0 aromatic rings. The van der Waals surface area contributed by atoms with Crippen molar-refractivity contribution in [3.63, 3.8) is 0 Å². The number of nitrogens with one attached hydrogen (secondary N) is 1. The smallest absolute Gasteiger partial charge is 0.188 e. The third-order valence-corrected chi connectivity index (χ3v) is 2.29. The van der Waals surface area contributed by atoms with Crippen molar-refractivity contribution >= 4 is 5.96 Å². The maximum absolute atomic E-state index is 5.57. The first-order valence-corrected chi connectivity index (χ1v) is 4.90. The Bertz CT molecular complexity index is 164. The van der Waals surface area contributed by atoms with Gasteiger partial charge in [-0.2, -0.15) is 0 Å². The summed E-state index contributed by atoms with van der Waals surface area (Å²) in [6, 6.07) is 0. The van der Waals surface area contributed by atoms with Gasteiger partial charge in [-0.3, -0.25) is 4.99 Å². The SMILES string of the molecule is CN=C(N)NCCC1CCCCO1. The van der Waals surface area contributed by atoms with E-state index in [4.69, 9.17) is 10.5 Å². The average molecular weight is 185 g/mol. The molecule has 1 unspecified atom stereocenters. The minimum Gasteiger partial charge on any atom is -0.378 e. The van der Waals surface area contributed by atoms with Gasteiger partial charge in [0.05, 0.1) is 6.10 Å². The molecule has 76 valence electrons. The monoisotopic (exact) mass is 185 g/mol. The Hall–Kier alpha value is -0.770. The zero-order valence-corrected chi connectivity index (χ0v) is 8.25. The Morgan fingerprint density at radius 2 is 2.46 bits per heavy atom. The molecule has 1 aliphatic rings. The minimum absolute atomic E-state index is 0.422. The Morgan fingerprint density at radius 3 is 3.08 bits per heavy atom. The summed E-state index contributed by atoms with van der Waals surface area (Å²) in [6.07, 6.45) is 5.14. The van der Waals surface area contributed by atoms with Gasteiger partial charge in [0.25, 0.3) is 0 Å². The Kier molecular flexibility index (Phi) is 4.60. The number of ether oxygens (including phenoxy) is 1. The van der Waals surface area contributed by atoms with Gasteiger partial charge in [0.2, 0.25) is 0 Å². The molecule has 4 nitrogen and oxygen atoms in total. The van der Waals surface area contributed by atoms with Crippen molar-refractivity contribution < 1.29 is 4.74 Å². The van der Waals surface area contributed by atoms with E-state index in [0.29, 0.717) is 12.1 Å². The molecule has 1 heterocycles. The number of aliphatic imine (C=N–C) groups is 1. The molecule has 1 atom stereocenters. The van der Waals surface area contributed by atoms with Crippen LogP contribution in [-0.4, -0.2) is 32.3 Å². The summed E-state index contributed by atoms with van der Waals surface area (Å²) in [6.45, 7) is 1.77. The standard InChI is InChI=1S/C9H19N3O/c1-11-9(10)12-6-5-8-4-2-3-7-13-8/h8H,2-7H2,1H3,(H3,10,11,12). The van der Waals surface area contributed by atoms with Crippen LogP contribution < -0.4 is 11.1 Å². The molecule has 0 radical (unpaired) electrons. The third kappa shape index (κ3) is 4.12. The second-order valence-corrected chi connectivity index (χ2v) is 3.31. The van der Waals surface area contributed by atoms with E-state index in [0.717, 1.165) is 19.6 Å². The predicted octanol–water partition coefficient (Wildman–Crippen LogP) is 0.480. The topological polar surface area (TPSA) is 59.6 Å². The van der Waals surface area contributed by atoms with Crippen LogP contribution in [0.15, 0.2) is 4.99 Å². The van der Waals surface area contributed by atoms with Crippen LogP contribution >= 0.6 is 0 Å². The first-order valence-electron chi connectivity index (χ1n) is 4.90. The van der Waals surface area contributed by atoms with Crippen LogP contribution in [0.1, 0.15) is 25.7 Å². The van der Waals surface area contributed by atoms with Crippen LogP contribution in [0.5, 0.6) is 0 Å². The van der Waals surface area contributed by atoms with Crippen LogP contribution in [0.4, 0.5) is 0 Å². The maximum Gasteiger partial charge on any atom is 0.188 e. The lowest BCUT2D eigenvalue weighted by Gasteiger charge is -2.22. The molecule has 3 N–H and O–H groups in total. The van der Waals surface area contributed by atoms with Crippen LogP contribution in [0.3, 0.4) is 0 Å². The summed E-state index contributed by atoms with van der Waals surface area (Å²) >= 11 is 0. The van der Waals surface area contributed by atoms with Gasteiger partial charge >= 0.3 is 0 Å². The van der Waals surface area contributed by atoms with E-state index in [9.17, 15) is 0 Å². The van der Waals surface area contributed by atoms with Crippen molar-refractivity contribution in [2.24, 2.45) is 10.7 Å². The zero-order chi connectivity index (χ0) is 9.52. The lowest BCUT2D eigenvalue weighted by atomic mass is 10.1. The lowest BCUT2D eigenvalue weighted by molar-refractivity contribution is 0.0122. The van der Waals surface area contributed by atoms with E-state index in [1.165, 1.54) is 19.3 Å². The summed E-state index contributed by atoms with van der Waals surface area (Å²) in [5.74, 6) is 0.510. The lowest BCUT2D eigenvalue weighted by Crippen LogP contribution is -2.34. The first kappa shape index (κ1) is 10.3. The second kappa shape index (κ2) is 5.80. The predicted molar refractivity (Wildman–Crippen MR) is 53.8 cm³/mol. The van der Waals surface area contributed by atoms with Gasteiger partial charge in [0.15, 0.2) is 5.96 Å². The minimum atomic E-state index is 0.422. The fraction of sp³-hybridized carbons (Fsp3) is 0.889. The molecule has 0 bridgehead atoms. The van der Waals surface area contributed by atoms with Crippen molar-refractivity contribution in [3.8, 4) is 0 Å². The van der Waals surface area contributed by atoms with E-state index in [1.54, 1.807) is 7.05 Å². The number of hydrogen-bond donors (Lipinski definition) is 2. The summed E-state index contributed by atoms with van der Waals surface area (Å²) in [7, 11) is 1.68. The highest BCUT2D eigenvalue weighted by Crippen LogP contribution is 2.14. The molecule has 0 aromatic heterocycles. The Labute approximate surface area is 79.6 Å². The molecule has 0 amide bonds. The molecule has 1 fully saturated rings. The highest BCUT2D eigenvalue weighted by molar-refractivity contribution is 5.77. The number of guanidine groups is 1. The largest absolute Gasteiger partial charge is 0.378 e. The van der Waals surface area contributed by atoms with E-state index in [1.807, 2.05) is 0 Å². The van der Waals surface area contributed by atoms with Gasteiger partial charge in [-0.15, -0.1) is 0 Å². The molecule has 4 heteroatoms. The molecule has 13 heavy (non-hydrogen) atoms. The van der Waals surface area contributed by atoms with E-state index in [2.05, 4.69) is 10.3 Å². The van der Waals surface area contributed by atoms with Gasteiger partial charge in [-0.05, 0) is 25.7 Å². The number of rotatable bonds is 3. The quantitative estimate of drug-likeness (QED) is 0.496. The van der Waals surface area contributed by atoms with E-state index in [-0.39, 0.29) is 0 Å². The van der Waals surface area contributed by atoms with Gasteiger partial charge in [0, 0.05) is 20.2 Å². The van der Waals surface area contributed by atoms with Crippen molar-refractivity contribution in [2.45, 2.75) is 31.8 Å².